The Bertz CT molecular complexity index is 787. The third-order valence-corrected chi connectivity index (χ3v) is 3.59. The summed E-state index contributed by atoms with van der Waals surface area (Å²) < 4.78 is 5.35. The number of ether oxygens (including phenoxy) is 1. The van der Waals surface area contributed by atoms with Gasteiger partial charge >= 0.3 is 0 Å². The molecule has 0 unspecified atom stereocenters. The lowest BCUT2D eigenvalue weighted by atomic mass is 10.1. The molecule has 0 radical (unpaired) electrons. The molecule has 0 aliphatic rings. The van der Waals surface area contributed by atoms with Gasteiger partial charge in [-0.15, -0.1) is 0 Å². The SMILES string of the molecule is COc1ccccc1CNc1ccc2cc(CO)ccc2n1. The Balaban J connectivity index is 1.79. The molecule has 1 heterocycles. The zero-order chi connectivity index (χ0) is 15.4. The minimum atomic E-state index is 0.0454. The van der Waals surface area contributed by atoms with E-state index in [1.807, 2.05) is 54.6 Å². The van der Waals surface area contributed by atoms with Crippen LogP contribution in [0.2, 0.25) is 0 Å². The zero-order valence-electron chi connectivity index (χ0n) is 12.4. The molecule has 0 fully saturated rings. The number of methoxy groups -OCH3 is 1. The molecule has 0 bridgehead atoms. The number of nitrogens with one attached hydrogen (secondary N) is 1. The molecule has 2 N–H and O–H groups in total. The number of benzene rings is 2. The largest absolute Gasteiger partial charge is 0.496 e. The number of aromatic nitrogens is 1. The van der Waals surface area contributed by atoms with E-state index in [-0.39, 0.29) is 6.61 Å². The van der Waals surface area contributed by atoms with Crippen molar-refractivity contribution in [3.8, 4) is 5.75 Å². The van der Waals surface area contributed by atoms with Crippen molar-refractivity contribution in [2.24, 2.45) is 0 Å². The zero-order valence-corrected chi connectivity index (χ0v) is 12.4. The van der Waals surface area contributed by atoms with Crippen molar-refractivity contribution in [3.63, 3.8) is 0 Å². The smallest absolute Gasteiger partial charge is 0.126 e. The topological polar surface area (TPSA) is 54.4 Å². The van der Waals surface area contributed by atoms with Crippen LogP contribution in [0.5, 0.6) is 5.75 Å². The van der Waals surface area contributed by atoms with E-state index in [4.69, 9.17) is 9.84 Å². The van der Waals surface area contributed by atoms with Crippen LogP contribution in [0.4, 0.5) is 5.82 Å². The lowest BCUT2D eigenvalue weighted by Gasteiger charge is -2.10. The Labute approximate surface area is 129 Å². The van der Waals surface area contributed by atoms with Crippen LogP contribution in [0.1, 0.15) is 11.1 Å². The number of pyridine rings is 1. The number of para-hydroxylation sites is 1. The Morgan fingerprint density at radius 2 is 1.95 bits per heavy atom. The fraction of sp³-hybridized carbons (Fsp3) is 0.167. The highest BCUT2D eigenvalue weighted by Gasteiger charge is 2.03. The number of fused-ring (bicyclic) bond motifs is 1. The fourth-order valence-electron chi connectivity index (χ4n) is 2.41. The summed E-state index contributed by atoms with van der Waals surface area (Å²) in [6, 6.07) is 17.6. The monoisotopic (exact) mass is 294 g/mol. The molecule has 4 nitrogen and oxygen atoms in total. The van der Waals surface area contributed by atoms with Crippen molar-refractivity contribution < 1.29 is 9.84 Å². The summed E-state index contributed by atoms with van der Waals surface area (Å²) in [6.45, 7) is 0.695. The van der Waals surface area contributed by atoms with Gasteiger partial charge in [0.1, 0.15) is 11.6 Å². The van der Waals surface area contributed by atoms with Crippen LogP contribution in [0.3, 0.4) is 0 Å². The highest BCUT2D eigenvalue weighted by Crippen LogP contribution is 2.20. The summed E-state index contributed by atoms with van der Waals surface area (Å²) in [7, 11) is 1.67. The average molecular weight is 294 g/mol. The van der Waals surface area contributed by atoms with E-state index in [0.717, 1.165) is 33.6 Å². The van der Waals surface area contributed by atoms with Gasteiger partial charge in [-0.25, -0.2) is 4.98 Å². The van der Waals surface area contributed by atoms with E-state index in [0.29, 0.717) is 6.54 Å². The summed E-state index contributed by atoms with van der Waals surface area (Å²) in [5.41, 5.74) is 2.88. The van der Waals surface area contributed by atoms with Crippen LogP contribution in [0, 0.1) is 0 Å². The third kappa shape index (κ3) is 3.02. The molecule has 0 saturated heterocycles. The van der Waals surface area contributed by atoms with Crippen molar-refractivity contribution in [2.75, 3.05) is 12.4 Å². The Morgan fingerprint density at radius 3 is 2.77 bits per heavy atom. The summed E-state index contributed by atoms with van der Waals surface area (Å²) in [6.07, 6.45) is 0. The van der Waals surface area contributed by atoms with Gasteiger partial charge in [0.05, 0.1) is 19.2 Å². The van der Waals surface area contributed by atoms with E-state index in [9.17, 15) is 0 Å². The molecule has 1 aromatic heterocycles. The Kier molecular flexibility index (Phi) is 4.21. The van der Waals surface area contributed by atoms with Crippen molar-refractivity contribution in [3.05, 3.63) is 65.7 Å². The molecule has 0 amide bonds. The number of nitrogens with zero attached hydrogens (tertiary/aromatic N) is 1. The van der Waals surface area contributed by atoms with E-state index in [1.165, 1.54) is 0 Å². The molecular weight excluding hydrogens is 276 g/mol. The predicted octanol–water partition coefficient (Wildman–Crippen LogP) is 3.35. The third-order valence-electron chi connectivity index (χ3n) is 3.59. The molecule has 22 heavy (non-hydrogen) atoms. The van der Waals surface area contributed by atoms with E-state index < -0.39 is 0 Å². The quantitative estimate of drug-likeness (QED) is 0.757. The second-order valence-electron chi connectivity index (χ2n) is 5.05. The predicted molar refractivity (Wildman–Crippen MR) is 88.0 cm³/mol. The molecule has 0 aliphatic heterocycles. The van der Waals surface area contributed by atoms with Gasteiger partial charge in [0.15, 0.2) is 0 Å². The van der Waals surface area contributed by atoms with Crippen LogP contribution in [-0.2, 0) is 13.2 Å². The number of aliphatic hydroxyl groups is 1. The fourth-order valence-corrected chi connectivity index (χ4v) is 2.41. The number of hydrogen-bond donors (Lipinski definition) is 2. The first-order valence-corrected chi connectivity index (χ1v) is 7.16. The van der Waals surface area contributed by atoms with Gasteiger partial charge in [0.2, 0.25) is 0 Å². The molecule has 3 rings (SSSR count). The second kappa shape index (κ2) is 6.45. The molecule has 0 saturated carbocycles. The summed E-state index contributed by atoms with van der Waals surface area (Å²) in [5, 5.41) is 13.5. The summed E-state index contributed by atoms with van der Waals surface area (Å²) >= 11 is 0. The van der Waals surface area contributed by atoms with E-state index in [1.54, 1.807) is 7.11 Å². The second-order valence-corrected chi connectivity index (χ2v) is 5.05. The van der Waals surface area contributed by atoms with Crippen LogP contribution in [-0.4, -0.2) is 17.2 Å². The normalized spacial score (nSPS) is 10.6. The highest BCUT2D eigenvalue weighted by atomic mass is 16.5. The van der Waals surface area contributed by atoms with Gasteiger partial charge in [-0.3, -0.25) is 0 Å². The molecular formula is C18H18N2O2. The first-order chi connectivity index (χ1) is 10.8. The number of hydrogen-bond acceptors (Lipinski definition) is 4. The van der Waals surface area contributed by atoms with Crippen molar-refractivity contribution in [1.29, 1.82) is 0 Å². The van der Waals surface area contributed by atoms with Crippen molar-refractivity contribution >= 4 is 16.7 Å². The van der Waals surface area contributed by atoms with E-state index in [2.05, 4.69) is 10.3 Å². The van der Waals surface area contributed by atoms with Crippen LogP contribution in [0.25, 0.3) is 10.9 Å². The molecule has 0 aliphatic carbocycles. The minimum Gasteiger partial charge on any atom is -0.496 e. The maximum absolute atomic E-state index is 9.17. The molecule has 0 atom stereocenters. The number of aliphatic hydroxyl groups excluding tert-OH is 1. The van der Waals surface area contributed by atoms with Gasteiger partial charge in [-0.2, -0.15) is 0 Å². The molecule has 4 heteroatoms. The van der Waals surface area contributed by atoms with Crippen molar-refractivity contribution in [1.82, 2.24) is 4.98 Å². The van der Waals surface area contributed by atoms with E-state index >= 15 is 0 Å². The number of rotatable bonds is 5. The van der Waals surface area contributed by atoms with Gasteiger partial charge in [0, 0.05) is 17.5 Å². The maximum atomic E-state index is 9.17. The number of anilines is 1. The van der Waals surface area contributed by atoms with Gasteiger partial charge in [-0.1, -0.05) is 24.3 Å². The molecule has 112 valence electrons. The molecule has 3 aromatic rings. The van der Waals surface area contributed by atoms with Crippen LogP contribution in [0.15, 0.2) is 54.6 Å². The highest BCUT2D eigenvalue weighted by molar-refractivity contribution is 5.80. The summed E-state index contributed by atoms with van der Waals surface area (Å²) in [5.74, 6) is 1.68. The summed E-state index contributed by atoms with van der Waals surface area (Å²) in [4.78, 5) is 4.59. The molecule has 0 spiro atoms. The minimum absolute atomic E-state index is 0.0454. The molecule has 2 aromatic carbocycles. The average Bonchev–Trinajstić information content (AvgIpc) is 2.59. The first kappa shape index (κ1) is 14.4. The Hall–Kier alpha value is -2.59. The van der Waals surface area contributed by atoms with Gasteiger partial charge in [-0.05, 0) is 35.9 Å². The lowest BCUT2D eigenvalue weighted by Crippen LogP contribution is -2.03. The standard InChI is InChI=1S/C18H18N2O2/c1-22-17-5-3-2-4-15(17)11-19-18-9-7-14-10-13(12-21)6-8-16(14)20-18/h2-10,21H,11-12H2,1H3,(H,19,20). The van der Waals surface area contributed by atoms with Crippen LogP contribution < -0.4 is 10.1 Å². The lowest BCUT2D eigenvalue weighted by molar-refractivity contribution is 0.282. The maximum Gasteiger partial charge on any atom is 0.126 e. The van der Waals surface area contributed by atoms with Crippen LogP contribution >= 0.6 is 0 Å². The van der Waals surface area contributed by atoms with Gasteiger partial charge in [0.25, 0.3) is 0 Å². The first-order valence-electron chi connectivity index (χ1n) is 7.16. The Morgan fingerprint density at radius 1 is 1.09 bits per heavy atom. The van der Waals surface area contributed by atoms with Crippen molar-refractivity contribution in [2.45, 2.75) is 13.2 Å². The van der Waals surface area contributed by atoms with Gasteiger partial charge < -0.3 is 15.2 Å².